The van der Waals surface area contributed by atoms with E-state index in [0.29, 0.717) is 13.0 Å². The van der Waals surface area contributed by atoms with Crippen LogP contribution in [0.5, 0.6) is 0 Å². The Balaban J connectivity index is 2.63. The molecule has 0 atom stereocenters. The Bertz CT molecular complexity index is 432. The smallest absolute Gasteiger partial charge is 0.373 e. The Kier molecular flexibility index (Phi) is 5.71. The molecule has 0 N–H and O–H groups in total. The molecule has 0 saturated heterocycles. The zero-order chi connectivity index (χ0) is 13.4. The number of methoxy groups -OCH3 is 1. The highest BCUT2D eigenvalue weighted by Gasteiger charge is 2.11. The van der Waals surface area contributed by atoms with Gasteiger partial charge in [0.25, 0.3) is 0 Å². The Labute approximate surface area is 108 Å². The SMILES string of the molecule is C=C(C)CCOC(=O)C(=Cc1ccccc1)OC. The lowest BCUT2D eigenvalue weighted by Crippen LogP contribution is -2.10. The molecular formula is C15H18O3. The van der Waals surface area contributed by atoms with Crippen molar-refractivity contribution in [2.75, 3.05) is 13.7 Å². The second-order valence-electron chi connectivity index (χ2n) is 3.97. The summed E-state index contributed by atoms with van der Waals surface area (Å²) in [7, 11) is 1.45. The second-order valence-corrected chi connectivity index (χ2v) is 3.97. The van der Waals surface area contributed by atoms with Crippen LogP contribution < -0.4 is 0 Å². The molecule has 0 fully saturated rings. The summed E-state index contributed by atoms with van der Waals surface area (Å²) in [5.74, 6) is -0.259. The molecule has 0 bridgehead atoms. The summed E-state index contributed by atoms with van der Waals surface area (Å²) >= 11 is 0. The highest BCUT2D eigenvalue weighted by Crippen LogP contribution is 2.09. The number of hydrogen-bond donors (Lipinski definition) is 0. The van der Waals surface area contributed by atoms with E-state index in [1.807, 2.05) is 37.3 Å². The first kappa shape index (κ1) is 14.0. The van der Waals surface area contributed by atoms with Crippen molar-refractivity contribution < 1.29 is 14.3 Å². The molecule has 0 aliphatic carbocycles. The van der Waals surface area contributed by atoms with Crippen molar-refractivity contribution in [3.63, 3.8) is 0 Å². The molecule has 18 heavy (non-hydrogen) atoms. The minimum atomic E-state index is -0.456. The molecule has 96 valence electrons. The van der Waals surface area contributed by atoms with Gasteiger partial charge in [-0.2, -0.15) is 0 Å². The van der Waals surface area contributed by atoms with E-state index in [2.05, 4.69) is 6.58 Å². The van der Waals surface area contributed by atoms with Crippen LogP contribution in [-0.2, 0) is 14.3 Å². The lowest BCUT2D eigenvalue weighted by molar-refractivity contribution is -0.142. The van der Waals surface area contributed by atoms with Crippen molar-refractivity contribution in [1.82, 2.24) is 0 Å². The van der Waals surface area contributed by atoms with Gasteiger partial charge in [0.15, 0.2) is 0 Å². The van der Waals surface area contributed by atoms with Crippen LogP contribution >= 0.6 is 0 Å². The topological polar surface area (TPSA) is 35.5 Å². The van der Waals surface area contributed by atoms with E-state index < -0.39 is 5.97 Å². The molecule has 0 radical (unpaired) electrons. The molecule has 0 amide bonds. The lowest BCUT2D eigenvalue weighted by Gasteiger charge is -2.07. The van der Waals surface area contributed by atoms with E-state index in [9.17, 15) is 4.79 Å². The monoisotopic (exact) mass is 246 g/mol. The molecule has 0 saturated carbocycles. The quantitative estimate of drug-likeness (QED) is 0.335. The predicted molar refractivity (Wildman–Crippen MR) is 71.8 cm³/mol. The molecule has 0 unspecified atom stereocenters. The van der Waals surface area contributed by atoms with Gasteiger partial charge < -0.3 is 9.47 Å². The van der Waals surface area contributed by atoms with E-state index in [1.165, 1.54) is 7.11 Å². The third-order valence-electron chi connectivity index (χ3n) is 2.28. The first-order valence-electron chi connectivity index (χ1n) is 5.75. The van der Waals surface area contributed by atoms with Gasteiger partial charge in [0, 0.05) is 6.42 Å². The number of rotatable bonds is 6. The Morgan fingerprint density at radius 3 is 2.56 bits per heavy atom. The number of esters is 1. The zero-order valence-corrected chi connectivity index (χ0v) is 10.8. The van der Waals surface area contributed by atoms with Crippen molar-refractivity contribution in [2.45, 2.75) is 13.3 Å². The average Bonchev–Trinajstić information content (AvgIpc) is 2.36. The lowest BCUT2D eigenvalue weighted by atomic mass is 10.2. The molecule has 0 aromatic heterocycles. The molecule has 0 spiro atoms. The van der Waals surface area contributed by atoms with Crippen LogP contribution in [0.15, 0.2) is 48.2 Å². The molecule has 0 aliphatic rings. The largest absolute Gasteiger partial charge is 0.490 e. The van der Waals surface area contributed by atoms with Crippen LogP contribution in [-0.4, -0.2) is 19.7 Å². The van der Waals surface area contributed by atoms with E-state index in [4.69, 9.17) is 9.47 Å². The van der Waals surface area contributed by atoms with Gasteiger partial charge in [-0.05, 0) is 18.6 Å². The molecule has 3 nitrogen and oxygen atoms in total. The first-order valence-corrected chi connectivity index (χ1v) is 5.75. The molecule has 0 heterocycles. The molecule has 0 aliphatic heterocycles. The third kappa shape index (κ3) is 4.87. The summed E-state index contributed by atoms with van der Waals surface area (Å²) in [4.78, 5) is 11.7. The van der Waals surface area contributed by atoms with Gasteiger partial charge in [0.05, 0.1) is 13.7 Å². The second kappa shape index (κ2) is 7.33. The van der Waals surface area contributed by atoms with Crippen molar-refractivity contribution >= 4 is 12.0 Å². The summed E-state index contributed by atoms with van der Waals surface area (Å²) < 4.78 is 10.1. The van der Waals surface area contributed by atoms with Crippen LogP contribution in [0.3, 0.4) is 0 Å². The van der Waals surface area contributed by atoms with Gasteiger partial charge in [-0.15, -0.1) is 6.58 Å². The molecule has 3 heteroatoms. The van der Waals surface area contributed by atoms with Crippen LogP contribution in [0.25, 0.3) is 6.08 Å². The fourth-order valence-electron chi connectivity index (χ4n) is 1.29. The van der Waals surface area contributed by atoms with Gasteiger partial charge >= 0.3 is 5.97 Å². The summed E-state index contributed by atoms with van der Waals surface area (Å²) in [6.07, 6.45) is 2.32. The molecular weight excluding hydrogens is 228 g/mol. The summed E-state index contributed by atoms with van der Waals surface area (Å²) in [6, 6.07) is 9.48. The maximum absolute atomic E-state index is 11.7. The number of carbonyl (C=O) groups is 1. The van der Waals surface area contributed by atoms with Gasteiger partial charge in [-0.3, -0.25) is 0 Å². The Morgan fingerprint density at radius 1 is 1.33 bits per heavy atom. The van der Waals surface area contributed by atoms with E-state index in [1.54, 1.807) is 6.08 Å². The third-order valence-corrected chi connectivity index (χ3v) is 2.28. The van der Waals surface area contributed by atoms with E-state index in [-0.39, 0.29) is 5.76 Å². The Morgan fingerprint density at radius 2 is 2.00 bits per heavy atom. The minimum Gasteiger partial charge on any atom is -0.490 e. The van der Waals surface area contributed by atoms with Crippen molar-refractivity contribution in [2.24, 2.45) is 0 Å². The summed E-state index contributed by atoms with van der Waals surface area (Å²) in [5, 5.41) is 0. The molecule has 1 aromatic carbocycles. The van der Waals surface area contributed by atoms with E-state index >= 15 is 0 Å². The first-order chi connectivity index (χ1) is 8.63. The van der Waals surface area contributed by atoms with Gasteiger partial charge in [-0.1, -0.05) is 35.9 Å². The predicted octanol–water partition coefficient (Wildman–Crippen LogP) is 3.18. The standard InChI is InChI=1S/C15H18O3/c1-12(2)9-10-18-15(16)14(17-3)11-13-7-5-4-6-8-13/h4-8,11H,1,9-10H2,2-3H3. The van der Waals surface area contributed by atoms with Crippen LogP contribution in [0.1, 0.15) is 18.9 Å². The Hall–Kier alpha value is -2.03. The van der Waals surface area contributed by atoms with Gasteiger partial charge in [-0.25, -0.2) is 4.79 Å². The number of hydrogen-bond acceptors (Lipinski definition) is 3. The average molecular weight is 246 g/mol. The zero-order valence-electron chi connectivity index (χ0n) is 10.8. The maximum Gasteiger partial charge on any atom is 0.373 e. The van der Waals surface area contributed by atoms with Crippen LogP contribution in [0, 0.1) is 0 Å². The van der Waals surface area contributed by atoms with Crippen LogP contribution in [0.4, 0.5) is 0 Å². The van der Waals surface area contributed by atoms with Crippen LogP contribution in [0.2, 0.25) is 0 Å². The summed E-state index contributed by atoms with van der Waals surface area (Å²) in [6.45, 7) is 5.96. The van der Waals surface area contributed by atoms with Crippen molar-refractivity contribution in [3.05, 3.63) is 53.8 Å². The maximum atomic E-state index is 11.7. The minimum absolute atomic E-state index is 0.197. The number of carbonyl (C=O) groups excluding carboxylic acids is 1. The van der Waals surface area contributed by atoms with Crippen molar-refractivity contribution in [3.8, 4) is 0 Å². The highest BCUT2D eigenvalue weighted by atomic mass is 16.6. The number of ether oxygens (including phenoxy) is 2. The fraction of sp³-hybridized carbons (Fsp3) is 0.267. The fourth-order valence-corrected chi connectivity index (χ4v) is 1.29. The normalized spacial score (nSPS) is 10.9. The van der Waals surface area contributed by atoms with Gasteiger partial charge in [0.1, 0.15) is 0 Å². The number of benzene rings is 1. The molecule has 1 aromatic rings. The summed E-state index contributed by atoms with van der Waals surface area (Å²) in [5.41, 5.74) is 1.88. The highest BCUT2D eigenvalue weighted by molar-refractivity contribution is 5.91. The van der Waals surface area contributed by atoms with Crippen molar-refractivity contribution in [1.29, 1.82) is 0 Å². The molecule has 1 rings (SSSR count). The van der Waals surface area contributed by atoms with E-state index in [0.717, 1.165) is 11.1 Å². The van der Waals surface area contributed by atoms with Gasteiger partial charge in [0.2, 0.25) is 5.76 Å².